The molecule has 2 aromatic carbocycles. The Balaban J connectivity index is 1.89. The van der Waals surface area contributed by atoms with Crippen LogP contribution < -0.4 is 24.8 Å². The molecule has 29 heavy (non-hydrogen) atoms. The molecule has 1 unspecified atom stereocenters. The molecule has 1 aliphatic rings. The normalized spacial score (nSPS) is 15.0. The number of carbonyl (C=O) groups is 2. The second-order valence-corrected chi connectivity index (χ2v) is 6.98. The summed E-state index contributed by atoms with van der Waals surface area (Å²) in [4.78, 5) is 25.8. The number of likely N-dealkylation sites (N-methyl/N-ethyl adjacent to an activating group) is 1. The number of methoxy groups -OCH3 is 3. The number of carbonyl (C=O) groups excluding carboxylic acids is 2. The van der Waals surface area contributed by atoms with Crippen LogP contribution in [0.5, 0.6) is 17.2 Å². The quantitative estimate of drug-likeness (QED) is 0.713. The van der Waals surface area contributed by atoms with E-state index in [0.717, 1.165) is 24.2 Å². The first kappa shape index (κ1) is 20.5. The molecule has 1 fully saturated rings. The second-order valence-electron chi connectivity index (χ2n) is 6.98. The maximum absolute atomic E-state index is 13.2. The summed E-state index contributed by atoms with van der Waals surface area (Å²) >= 11 is 0. The van der Waals surface area contributed by atoms with Gasteiger partial charge in [0.2, 0.25) is 11.8 Å². The molecule has 0 spiro atoms. The lowest BCUT2D eigenvalue weighted by Crippen LogP contribution is -2.43. The van der Waals surface area contributed by atoms with Gasteiger partial charge in [-0.05, 0) is 48.2 Å². The van der Waals surface area contributed by atoms with Crippen molar-refractivity contribution >= 4 is 11.8 Å². The van der Waals surface area contributed by atoms with Crippen molar-refractivity contribution in [1.29, 1.82) is 0 Å². The Morgan fingerprint density at radius 2 is 1.45 bits per heavy atom. The van der Waals surface area contributed by atoms with E-state index in [1.807, 2.05) is 24.3 Å². The van der Waals surface area contributed by atoms with Gasteiger partial charge in [-0.1, -0.05) is 12.1 Å². The number of nitrogens with one attached hydrogen (secondary N) is 2. The Morgan fingerprint density at radius 3 is 1.90 bits per heavy atom. The molecule has 0 aliphatic heterocycles. The standard InChI is InChI=1S/C22H26N2O5/c1-23-20(25)19(14-11-17(28-3)13-18(12-14)29-4)24-21(26)22(9-10-22)15-5-7-16(27-2)8-6-15/h5-8,11-13,19H,9-10H2,1-4H3,(H,23,25)(H,24,26). The molecule has 2 amide bonds. The minimum atomic E-state index is -0.868. The lowest BCUT2D eigenvalue weighted by atomic mass is 9.93. The SMILES string of the molecule is CNC(=O)C(NC(=O)C1(c2ccc(OC)cc2)CC1)c1cc(OC)cc(OC)c1. The van der Waals surface area contributed by atoms with Gasteiger partial charge in [-0.2, -0.15) is 0 Å². The fourth-order valence-corrected chi connectivity index (χ4v) is 3.39. The molecule has 0 aromatic heterocycles. The van der Waals surface area contributed by atoms with Gasteiger partial charge < -0.3 is 24.8 Å². The van der Waals surface area contributed by atoms with E-state index in [1.165, 1.54) is 21.3 Å². The molecule has 1 atom stereocenters. The van der Waals surface area contributed by atoms with Crippen LogP contribution in [0, 0.1) is 0 Å². The first-order chi connectivity index (χ1) is 14.0. The monoisotopic (exact) mass is 398 g/mol. The molecule has 1 saturated carbocycles. The number of benzene rings is 2. The van der Waals surface area contributed by atoms with E-state index in [-0.39, 0.29) is 11.8 Å². The first-order valence-corrected chi connectivity index (χ1v) is 9.37. The van der Waals surface area contributed by atoms with Crippen molar-refractivity contribution in [3.8, 4) is 17.2 Å². The maximum Gasteiger partial charge on any atom is 0.246 e. The summed E-state index contributed by atoms with van der Waals surface area (Å²) in [6, 6.07) is 11.8. The molecule has 7 heteroatoms. The summed E-state index contributed by atoms with van der Waals surface area (Å²) in [7, 11) is 6.21. The van der Waals surface area contributed by atoms with Gasteiger partial charge in [0.15, 0.2) is 0 Å². The molecule has 0 saturated heterocycles. The molecular formula is C22H26N2O5. The molecular weight excluding hydrogens is 372 g/mol. The Hall–Kier alpha value is -3.22. The third-order valence-electron chi connectivity index (χ3n) is 5.32. The molecule has 0 radical (unpaired) electrons. The van der Waals surface area contributed by atoms with Gasteiger partial charge in [-0.15, -0.1) is 0 Å². The molecule has 154 valence electrons. The van der Waals surface area contributed by atoms with Crippen molar-refractivity contribution in [2.75, 3.05) is 28.4 Å². The Bertz CT molecular complexity index is 868. The highest BCUT2D eigenvalue weighted by molar-refractivity contribution is 5.95. The van der Waals surface area contributed by atoms with Crippen LogP contribution in [0.15, 0.2) is 42.5 Å². The molecule has 0 heterocycles. The van der Waals surface area contributed by atoms with E-state index < -0.39 is 11.5 Å². The van der Waals surface area contributed by atoms with Gasteiger partial charge in [-0.25, -0.2) is 0 Å². The molecule has 7 nitrogen and oxygen atoms in total. The number of rotatable bonds is 8. The average molecular weight is 398 g/mol. The Morgan fingerprint density at radius 1 is 0.897 bits per heavy atom. The molecule has 1 aliphatic carbocycles. The zero-order chi connectivity index (χ0) is 21.0. The van der Waals surface area contributed by atoms with Crippen molar-refractivity contribution in [3.63, 3.8) is 0 Å². The van der Waals surface area contributed by atoms with Gasteiger partial charge in [0.25, 0.3) is 0 Å². The van der Waals surface area contributed by atoms with Crippen LogP contribution in [0.25, 0.3) is 0 Å². The lowest BCUT2D eigenvalue weighted by molar-refractivity contribution is -0.130. The Labute approximate surface area is 170 Å². The predicted octanol–water partition coefficient (Wildman–Crippen LogP) is 2.35. The summed E-state index contributed by atoms with van der Waals surface area (Å²) in [5.41, 5.74) is 0.871. The van der Waals surface area contributed by atoms with Crippen LogP contribution in [-0.2, 0) is 15.0 Å². The van der Waals surface area contributed by atoms with E-state index >= 15 is 0 Å². The predicted molar refractivity (Wildman–Crippen MR) is 108 cm³/mol. The minimum absolute atomic E-state index is 0.182. The maximum atomic E-state index is 13.2. The topological polar surface area (TPSA) is 85.9 Å². The van der Waals surface area contributed by atoms with Crippen LogP contribution in [-0.4, -0.2) is 40.2 Å². The largest absolute Gasteiger partial charge is 0.497 e. The van der Waals surface area contributed by atoms with Crippen molar-refractivity contribution < 1.29 is 23.8 Å². The number of hydrogen-bond acceptors (Lipinski definition) is 5. The summed E-state index contributed by atoms with van der Waals surface area (Å²) < 4.78 is 15.8. The summed E-state index contributed by atoms with van der Waals surface area (Å²) in [6.45, 7) is 0. The van der Waals surface area contributed by atoms with Crippen molar-refractivity contribution in [1.82, 2.24) is 10.6 Å². The van der Waals surface area contributed by atoms with Crippen LogP contribution in [0.1, 0.15) is 30.0 Å². The van der Waals surface area contributed by atoms with Gasteiger partial charge in [0.1, 0.15) is 23.3 Å². The van der Waals surface area contributed by atoms with Crippen molar-refractivity contribution in [2.24, 2.45) is 0 Å². The van der Waals surface area contributed by atoms with Gasteiger partial charge in [0, 0.05) is 13.1 Å². The van der Waals surface area contributed by atoms with E-state index in [9.17, 15) is 9.59 Å². The second kappa shape index (κ2) is 8.43. The average Bonchev–Trinajstić information content (AvgIpc) is 3.58. The third kappa shape index (κ3) is 4.13. The highest BCUT2D eigenvalue weighted by atomic mass is 16.5. The van der Waals surface area contributed by atoms with E-state index in [1.54, 1.807) is 25.3 Å². The number of amides is 2. The highest BCUT2D eigenvalue weighted by Gasteiger charge is 2.52. The van der Waals surface area contributed by atoms with Crippen LogP contribution in [0.3, 0.4) is 0 Å². The van der Waals surface area contributed by atoms with Gasteiger partial charge in [-0.3, -0.25) is 9.59 Å². The van der Waals surface area contributed by atoms with Gasteiger partial charge >= 0.3 is 0 Å². The Kier molecular flexibility index (Phi) is 5.96. The molecule has 3 rings (SSSR count). The zero-order valence-corrected chi connectivity index (χ0v) is 17.1. The summed E-state index contributed by atoms with van der Waals surface area (Å²) in [6.07, 6.45) is 1.46. The fraction of sp³-hybridized carbons (Fsp3) is 0.364. The van der Waals surface area contributed by atoms with Crippen LogP contribution in [0.2, 0.25) is 0 Å². The highest BCUT2D eigenvalue weighted by Crippen LogP contribution is 2.49. The van der Waals surface area contributed by atoms with Crippen molar-refractivity contribution in [3.05, 3.63) is 53.6 Å². The summed E-state index contributed by atoms with van der Waals surface area (Å²) in [5.74, 6) is 1.31. The lowest BCUT2D eigenvalue weighted by Gasteiger charge is -2.23. The molecule has 2 aromatic rings. The van der Waals surface area contributed by atoms with E-state index in [2.05, 4.69) is 10.6 Å². The smallest absolute Gasteiger partial charge is 0.246 e. The molecule has 2 N–H and O–H groups in total. The minimum Gasteiger partial charge on any atom is -0.497 e. The number of ether oxygens (including phenoxy) is 3. The number of hydrogen-bond donors (Lipinski definition) is 2. The van der Waals surface area contributed by atoms with Crippen LogP contribution >= 0.6 is 0 Å². The van der Waals surface area contributed by atoms with Gasteiger partial charge in [0.05, 0.1) is 26.7 Å². The van der Waals surface area contributed by atoms with E-state index in [0.29, 0.717) is 17.1 Å². The van der Waals surface area contributed by atoms with E-state index in [4.69, 9.17) is 14.2 Å². The molecule has 0 bridgehead atoms. The zero-order valence-electron chi connectivity index (χ0n) is 17.1. The van der Waals surface area contributed by atoms with Crippen LogP contribution in [0.4, 0.5) is 0 Å². The fourth-order valence-electron chi connectivity index (χ4n) is 3.39. The van der Waals surface area contributed by atoms with Crippen molar-refractivity contribution in [2.45, 2.75) is 24.3 Å². The third-order valence-corrected chi connectivity index (χ3v) is 5.32. The summed E-state index contributed by atoms with van der Waals surface area (Å²) in [5, 5.41) is 5.54. The first-order valence-electron chi connectivity index (χ1n) is 9.37.